The summed E-state index contributed by atoms with van der Waals surface area (Å²) in [5.74, 6) is 0.870. The third kappa shape index (κ3) is 0.673. The minimum absolute atomic E-state index is 0.544. The lowest BCUT2D eigenvalue weighted by molar-refractivity contribution is -0.623. The molecule has 4 aliphatic rings. The van der Waals surface area contributed by atoms with Gasteiger partial charge in [-0.2, -0.15) is 0 Å². The fourth-order valence-corrected chi connectivity index (χ4v) is 2.77. The van der Waals surface area contributed by atoms with E-state index in [0.29, 0.717) is 6.17 Å². The van der Waals surface area contributed by atoms with Crippen LogP contribution in [0.15, 0.2) is 4.99 Å². The van der Waals surface area contributed by atoms with Crippen LogP contribution in [0.4, 0.5) is 0 Å². The van der Waals surface area contributed by atoms with Crippen LogP contribution in [0.1, 0.15) is 25.7 Å². The van der Waals surface area contributed by atoms with Crippen molar-refractivity contribution in [2.75, 3.05) is 0 Å². The van der Waals surface area contributed by atoms with E-state index in [2.05, 4.69) is 15.8 Å². The molecule has 3 fully saturated rings. The lowest BCUT2D eigenvalue weighted by atomic mass is 9.79. The molecule has 2 heteroatoms. The molecule has 1 aliphatic carbocycles. The van der Waals surface area contributed by atoms with Crippen molar-refractivity contribution in [2.24, 2.45) is 10.9 Å². The monoisotopic (exact) mass is 149 g/mol. The van der Waals surface area contributed by atoms with Crippen molar-refractivity contribution in [3.8, 4) is 0 Å². The highest BCUT2D eigenvalue weighted by atomic mass is 15.2. The predicted molar refractivity (Wildman–Crippen MR) is 44.4 cm³/mol. The van der Waals surface area contributed by atoms with E-state index in [1.54, 1.807) is 0 Å². The molecule has 1 atom stereocenters. The molecular formula is C9H13N2+. The van der Waals surface area contributed by atoms with Gasteiger partial charge in [-0.25, -0.2) is 9.57 Å². The van der Waals surface area contributed by atoms with Gasteiger partial charge in [-0.1, -0.05) is 0 Å². The van der Waals surface area contributed by atoms with Crippen LogP contribution < -0.4 is 0 Å². The van der Waals surface area contributed by atoms with Crippen molar-refractivity contribution < 1.29 is 4.58 Å². The van der Waals surface area contributed by atoms with Crippen molar-refractivity contribution >= 4 is 12.4 Å². The van der Waals surface area contributed by atoms with Crippen molar-refractivity contribution in [3.05, 3.63) is 0 Å². The van der Waals surface area contributed by atoms with E-state index < -0.39 is 0 Å². The molecule has 11 heavy (non-hydrogen) atoms. The molecule has 58 valence electrons. The largest absolute Gasteiger partial charge is 0.248 e. The van der Waals surface area contributed by atoms with E-state index in [1.165, 1.54) is 25.7 Å². The minimum atomic E-state index is 0.544. The van der Waals surface area contributed by atoms with E-state index >= 15 is 0 Å². The summed E-state index contributed by atoms with van der Waals surface area (Å²) in [7, 11) is 0. The molecule has 3 aliphatic heterocycles. The summed E-state index contributed by atoms with van der Waals surface area (Å²) >= 11 is 0. The fraction of sp³-hybridized carbons (Fsp3) is 0.778. The number of piperidine rings is 2. The fourth-order valence-electron chi connectivity index (χ4n) is 2.77. The maximum Gasteiger partial charge on any atom is 0.248 e. The molecule has 2 bridgehead atoms. The average molecular weight is 149 g/mol. The second-order valence-electron chi connectivity index (χ2n) is 3.88. The van der Waals surface area contributed by atoms with Crippen LogP contribution in [0.25, 0.3) is 0 Å². The van der Waals surface area contributed by atoms with E-state index in [-0.39, 0.29) is 0 Å². The summed E-state index contributed by atoms with van der Waals surface area (Å²) < 4.78 is 2.47. The number of hydrogen-bond acceptors (Lipinski definition) is 1. The van der Waals surface area contributed by atoms with Gasteiger partial charge in [-0.15, -0.1) is 0 Å². The quantitative estimate of drug-likeness (QED) is 0.457. The molecule has 0 aromatic rings. The Kier molecular flexibility index (Phi) is 1.04. The second-order valence-corrected chi connectivity index (χ2v) is 3.88. The maximum absolute atomic E-state index is 4.49. The highest BCUT2D eigenvalue weighted by Crippen LogP contribution is 2.37. The van der Waals surface area contributed by atoms with Gasteiger partial charge in [0.2, 0.25) is 6.17 Å². The van der Waals surface area contributed by atoms with Gasteiger partial charge in [0.25, 0.3) is 0 Å². The van der Waals surface area contributed by atoms with Crippen molar-refractivity contribution in [3.63, 3.8) is 0 Å². The van der Waals surface area contributed by atoms with Crippen LogP contribution in [-0.4, -0.2) is 29.2 Å². The predicted octanol–water partition coefficient (Wildman–Crippen LogP) is 1.05. The molecule has 0 radical (unpaired) electrons. The first kappa shape index (κ1) is 5.92. The number of rotatable bonds is 0. The lowest BCUT2D eigenvalue weighted by Crippen LogP contribution is -2.47. The summed E-state index contributed by atoms with van der Waals surface area (Å²) in [5, 5.41) is 0. The first-order valence-corrected chi connectivity index (χ1v) is 4.59. The molecular weight excluding hydrogens is 136 g/mol. The molecule has 4 rings (SSSR count). The van der Waals surface area contributed by atoms with Crippen LogP contribution in [0.3, 0.4) is 0 Å². The molecule has 0 spiro atoms. The van der Waals surface area contributed by atoms with Crippen LogP contribution in [-0.2, 0) is 0 Å². The van der Waals surface area contributed by atoms with E-state index in [9.17, 15) is 0 Å². The summed E-state index contributed by atoms with van der Waals surface area (Å²) in [5.41, 5.74) is 0. The van der Waals surface area contributed by atoms with Gasteiger partial charge in [-0.3, -0.25) is 0 Å². The smallest absolute Gasteiger partial charge is 0.219 e. The van der Waals surface area contributed by atoms with Gasteiger partial charge in [-0.05, 0) is 12.8 Å². The zero-order valence-corrected chi connectivity index (χ0v) is 6.61. The Hall–Kier alpha value is -0.660. The van der Waals surface area contributed by atoms with Crippen molar-refractivity contribution in [2.45, 2.75) is 37.9 Å². The number of nitrogens with zero attached hydrogens (tertiary/aromatic N) is 2. The SMILES string of the molecule is C1=NC2C3CCC(CC3)[N+]2=C1. The molecule has 0 amide bonds. The van der Waals surface area contributed by atoms with E-state index in [4.69, 9.17) is 0 Å². The Morgan fingerprint density at radius 3 is 2.73 bits per heavy atom. The molecule has 3 heterocycles. The maximum atomic E-state index is 4.49. The van der Waals surface area contributed by atoms with Crippen LogP contribution in [0.5, 0.6) is 0 Å². The summed E-state index contributed by atoms with van der Waals surface area (Å²) in [6.45, 7) is 0. The molecule has 2 nitrogen and oxygen atoms in total. The van der Waals surface area contributed by atoms with Gasteiger partial charge in [0.1, 0.15) is 0 Å². The Balaban J connectivity index is 2.02. The molecule has 0 N–H and O–H groups in total. The number of aliphatic imine (C=N–C) groups is 1. The molecule has 1 saturated carbocycles. The Morgan fingerprint density at radius 1 is 1.18 bits per heavy atom. The third-order valence-corrected chi connectivity index (χ3v) is 3.37. The lowest BCUT2D eigenvalue weighted by Gasteiger charge is -2.35. The average Bonchev–Trinajstić information content (AvgIpc) is 2.55. The Labute approximate surface area is 66.6 Å². The standard InChI is InChI=1S/C9H13N2/c1-3-8-4-2-7(1)9-10-5-6-11(8)9/h5-9H,1-4H2/q+1. The summed E-state index contributed by atoms with van der Waals surface area (Å²) in [6.07, 6.45) is 10.3. The third-order valence-electron chi connectivity index (χ3n) is 3.37. The van der Waals surface area contributed by atoms with Gasteiger partial charge in [0, 0.05) is 18.8 Å². The topological polar surface area (TPSA) is 15.4 Å². The van der Waals surface area contributed by atoms with Gasteiger partial charge >= 0.3 is 0 Å². The summed E-state index contributed by atoms with van der Waals surface area (Å²) in [6, 6.07) is 0.826. The highest BCUT2D eigenvalue weighted by Gasteiger charge is 2.46. The van der Waals surface area contributed by atoms with Crippen LogP contribution in [0, 0.1) is 5.92 Å². The first-order valence-electron chi connectivity index (χ1n) is 4.59. The van der Waals surface area contributed by atoms with Gasteiger partial charge in [0.05, 0.1) is 6.21 Å². The molecule has 0 aromatic heterocycles. The molecule has 1 unspecified atom stereocenters. The zero-order valence-electron chi connectivity index (χ0n) is 6.61. The Bertz CT molecular complexity index is 234. The number of hydrogen-bond donors (Lipinski definition) is 0. The van der Waals surface area contributed by atoms with Gasteiger partial charge in [0.15, 0.2) is 12.3 Å². The van der Waals surface area contributed by atoms with E-state index in [0.717, 1.165) is 12.0 Å². The molecule has 2 saturated heterocycles. The van der Waals surface area contributed by atoms with Crippen LogP contribution in [0.2, 0.25) is 0 Å². The van der Waals surface area contributed by atoms with Crippen molar-refractivity contribution in [1.29, 1.82) is 0 Å². The summed E-state index contributed by atoms with van der Waals surface area (Å²) in [4.78, 5) is 4.49. The number of fused-ring (bicyclic) bond motifs is 2. The molecule has 0 aromatic carbocycles. The normalized spacial score (nSPS) is 45.8. The Morgan fingerprint density at radius 2 is 2.00 bits per heavy atom. The minimum Gasteiger partial charge on any atom is -0.219 e. The highest BCUT2D eigenvalue weighted by molar-refractivity contribution is 6.14. The van der Waals surface area contributed by atoms with Crippen molar-refractivity contribution in [1.82, 2.24) is 0 Å². The first-order chi connectivity index (χ1) is 5.45. The second kappa shape index (κ2) is 1.93. The van der Waals surface area contributed by atoms with E-state index in [1.807, 2.05) is 6.21 Å². The zero-order chi connectivity index (χ0) is 7.26. The van der Waals surface area contributed by atoms with Gasteiger partial charge < -0.3 is 0 Å². The van der Waals surface area contributed by atoms with Crippen LogP contribution >= 0.6 is 0 Å².